The molecule has 0 fully saturated rings. The van der Waals surface area contributed by atoms with Gasteiger partial charge < -0.3 is 4.74 Å². The summed E-state index contributed by atoms with van der Waals surface area (Å²) in [5, 5.41) is 0. The molecule has 2 heteroatoms. The van der Waals surface area contributed by atoms with E-state index >= 15 is 0 Å². The summed E-state index contributed by atoms with van der Waals surface area (Å²) < 4.78 is 5.48. The minimum Gasteiger partial charge on any atom is -0.494 e. The second kappa shape index (κ2) is 7.84. The lowest BCUT2D eigenvalue weighted by Crippen LogP contribution is -2.21. The van der Waals surface area contributed by atoms with Gasteiger partial charge >= 0.3 is 0 Å². The van der Waals surface area contributed by atoms with Crippen molar-refractivity contribution in [3.8, 4) is 16.9 Å². The summed E-state index contributed by atoms with van der Waals surface area (Å²) in [4.78, 5) is 2.42. The molecule has 0 saturated heterocycles. The molecule has 0 unspecified atom stereocenters. The molecule has 0 aliphatic rings. The molecule has 0 atom stereocenters. The molecule has 0 heterocycles. The Morgan fingerprint density at radius 1 is 0.762 bits per heavy atom. The number of nitrogens with zero attached hydrogens (tertiary/aromatic N) is 1. The van der Waals surface area contributed by atoms with Gasteiger partial charge in [0.05, 0.1) is 6.61 Å². The molecule has 0 N–H and O–H groups in total. The van der Waals surface area contributed by atoms with Gasteiger partial charge in [0, 0.05) is 6.54 Å². The van der Waals surface area contributed by atoms with E-state index in [0.29, 0.717) is 6.61 Å². The fraction of sp³-hybridized carbons (Fsp3) is 0.368. The first kappa shape index (κ1) is 15.6. The van der Waals surface area contributed by atoms with Gasteiger partial charge in [-0.3, -0.25) is 4.90 Å². The zero-order chi connectivity index (χ0) is 15.1. The topological polar surface area (TPSA) is 12.5 Å². The minimum absolute atomic E-state index is 0.708. The van der Waals surface area contributed by atoms with Crippen molar-refractivity contribution < 1.29 is 4.74 Å². The maximum atomic E-state index is 5.48. The van der Waals surface area contributed by atoms with Gasteiger partial charge in [-0.1, -0.05) is 50.2 Å². The van der Waals surface area contributed by atoms with Crippen LogP contribution in [0.5, 0.6) is 5.75 Å². The van der Waals surface area contributed by atoms with Gasteiger partial charge in [0.15, 0.2) is 0 Å². The van der Waals surface area contributed by atoms with Crippen LogP contribution in [0.25, 0.3) is 11.1 Å². The molecule has 0 aromatic heterocycles. The molecule has 2 nitrogen and oxygen atoms in total. The molecule has 0 aliphatic carbocycles. The molecular formula is C19H25NO. The SMILES string of the molecule is CCOc1ccc(-c2ccc(CN(CC)CC)cc2)cc1. The van der Waals surface area contributed by atoms with Crippen LogP contribution in [0.4, 0.5) is 0 Å². The number of hydrogen-bond donors (Lipinski definition) is 0. The van der Waals surface area contributed by atoms with Crippen LogP contribution in [0.3, 0.4) is 0 Å². The fourth-order valence-corrected chi connectivity index (χ4v) is 2.42. The maximum absolute atomic E-state index is 5.48. The number of benzene rings is 2. The Morgan fingerprint density at radius 2 is 1.29 bits per heavy atom. The number of hydrogen-bond acceptors (Lipinski definition) is 2. The van der Waals surface area contributed by atoms with Crippen molar-refractivity contribution in [3.63, 3.8) is 0 Å². The molecule has 0 spiro atoms. The molecule has 0 saturated carbocycles. The van der Waals surface area contributed by atoms with Gasteiger partial charge in [0.2, 0.25) is 0 Å². The van der Waals surface area contributed by atoms with E-state index in [4.69, 9.17) is 4.74 Å². The van der Waals surface area contributed by atoms with Gasteiger partial charge in [-0.15, -0.1) is 0 Å². The molecule has 2 aromatic rings. The summed E-state index contributed by atoms with van der Waals surface area (Å²) in [6.45, 7) is 10.3. The second-order valence-electron chi connectivity index (χ2n) is 5.12. The van der Waals surface area contributed by atoms with Crippen molar-refractivity contribution in [2.45, 2.75) is 27.3 Å². The number of rotatable bonds is 7. The van der Waals surface area contributed by atoms with Gasteiger partial charge in [0.1, 0.15) is 5.75 Å². The molecular weight excluding hydrogens is 258 g/mol. The van der Waals surface area contributed by atoms with Crippen LogP contribution in [-0.4, -0.2) is 24.6 Å². The van der Waals surface area contributed by atoms with Crippen molar-refractivity contribution in [3.05, 3.63) is 54.1 Å². The third kappa shape index (κ3) is 4.33. The second-order valence-corrected chi connectivity index (χ2v) is 5.12. The summed E-state index contributed by atoms with van der Waals surface area (Å²) in [7, 11) is 0. The molecule has 0 bridgehead atoms. The Hall–Kier alpha value is -1.80. The smallest absolute Gasteiger partial charge is 0.119 e. The highest BCUT2D eigenvalue weighted by Gasteiger charge is 2.02. The van der Waals surface area contributed by atoms with Crippen molar-refractivity contribution in [1.82, 2.24) is 4.90 Å². The molecule has 112 valence electrons. The van der Waals surface area contributed by atoms with E-state index in [0.717, 1.165) is 25.4 Å². The van der Waals surface area contributed by atoms with Gasteiger partial charge in [0.25, 0.3) is 0 Å². The molecule has 0 aliphatic heterocycles. The maximum Gasteiger partial charge on any atom is 0.119 e. The third-order valence-corrected chi connectivity index (χ3v) is 3.75. The van der Waals surface area contributed by atoms with E-state index in [1.165, 1.54) is 16.7 Å². The zero-order valence-corrected chi connectivity index (χ0v) is 13.3. The lowest BCUT2D eigenvalue weighted by Gasteiger charge is -2.18. The monoisotopic (exact) mass is 283 g/mol. The molecule has 0 radical (unpaired) electrons. The van der Waals surface area contributed by atoms with Crippen LogP contribution >= 0.6 is 0 Å². The van der Waals surface area contributed by atoms with Crippen molar-refractivity contribution in [2.75, 3.05) is 19.7 Å². The summed E-state index contributed by atoms with van der Waals surface area (Å²) in [6.07, 6.45) is 0. The zero-order valence-electron chi connectivity index (χ0n) is 13.3. The fourth-order valence-electron chi connectivity index (χ4n) is 2.42. The van der Waals surface area contributed by atoms with Crippen LogP contribution in [0.15, 0.2) is 48.5 Å². The van der Waals surface area contributed by atoms with Crippen molar-refractivity contribution in [2.24, 2.45) is 0 Å². The van der Waals surface area contributed by atoms with Gasteiger partial charge in [-0.2, -0.15) is 0 Å². The molecule has 2 aromatic carbocycles. The summed E-state index contributed by atoms with van der Waals surface area (Å²) in [5.41, 5.74) is 3.85. The van der Waals surface area contributed by atoms with E-state index < -0.39 is 0 Å². The average Bonchev–Trinajstić information content (AvgIpc) is 2.54. The lowest BCUT2D eigenvalue weighted by atomic mass is 10.0. The van der Waals surface area contributed by atoms with E-state index in [1.54, 1.807) is 0 Å². The highest BCUT2D eigenvalue weighted by Crippen LogP contribution is 2.23. The Labute approximate surface area is 128 Å². The standard InChI is InChI=1S/C19H25NO/c1-4-20(5-2)15-16-7-9-17(10-8-16)18-11-13-19(14-12-18)21-6-3/h7-14H,4-6,15H2,1-3H3. The van der Waals surface area contributed by atoms with Crippen LogP contribution in [0.1, 0.15) is 26.3 Å². The van der Waals surface area contributed by atoms with E-state index in [2.05, 4.69) is 55.1 Å². The molecule has 21 heavy (non-hydrogen) atoms. The summed E-state index contributed by atoms with van der Waals surface area (Å²) >= 11 is 0. The minimum atomic E-state index is 0.708. The Bertz CT molecular complexity index is 526. The van der Waals surface area contributed by atoms with E-state index in [1.807, 2.05) is 19.1 Å². The van der Waals surface area contributed by atoms with E-state index in [9.17, 15) is 0 Å². The predicted molar refractivity (Wildman–Crippen MR) is 89.7 cm³/mol. The van der Waals surface area contributed by atoms with Crippen LogP contribution < -0.4 is 4.74 Å². The first-order chi connectivity index (χ1) is 10.3. The first-order valence-electron chi connectivity index (χ1n) is 7.81. The van der Waals surface area contributed by atoms with Gasteiger partial charge in [-0.25, -0.2) is 0 Å². The highest BCUT2D eigenvalue weighted by molar-refractivity contribution is 5.64. The highest BCUT2D eigenvalue weighted by atomic mass is 16.5. The Balaban J connectivity index is 2.07. The molecule has 2 rings (SSSR count). The van der Waals surface area contributed by atoms with Crippen molar-refractivity contribution in [1.29, 1.82) is 0 Å². The number of ether oxygens (including phenoxy) is 1. The first-order valence-corrected chi connectivity index (χ1v) is 7.81. The Kier molecular flexibility index (Phi) is 5.82. The van der Waals surface area contributed by atoms with Crippen LogP contribution in [0, 0.1) is 0 Å². The van der Waals surface area contributed by atoms with Crippen LogP contribution in [0.2, 0.25) is 0 Å². The van der Waals surface area contributed by atoms with Crippen molar-refractivity contribution >= 4 is 0 Å². The lowest BCUT2D eigenvalue weighted by molar-refractivity contribution is 0.296. The van der Waals surface area contributed by atoms with E-state index in [-0.39, 0.29) is 0 Å². The quantitative estimate of drug-likeness (QED) is 0.736. The Morgan fingerprint density at radius 3 is 1.76 bits per heavy atom. The largest absolute Gasteiger partial charge is 0.494 e. The molecule has 0 amide bonds. The predicted octanol–water partition coefficient (Wildman–Crippen LogP) is 4.59. The van der Waals surface area contributed by atoms with Crippen LogP contribution in [-0.2, 0) is 6.54 Å². The van der Waals surface area contributed by atoms with Gasteiger partial charge in [-0.05, 0) is 48.8 Å². The summed E-state index contributed by atoms with van der Waals surface area (Å²) in [6, 6.07) is 17.2. The summed E-state index contributed by atoms with van der Waals surface area (Å²) in [5.74, 6) is 0.930. The third-order valence-electron chi connectivity index (χ3n) is 3.75. The average molecular weight is 283 g/mol. The normalized spacial score (nSPS) is 10.9.